The molecule has 0 bridgehead atoms. The summed E-state index contributed by atoms with van der Waals surface area (Å²) in [4.78, 5) is 17.3. The van der Waals surface area contributed by atoms with Gasteiger partial charge >= 0.3 is 6.18 Å². The SMILES string of the molecule is CC(C)ON=Cc1ccc(-c2ccccc2NC(=O)C2=C(C(F)(F)F)OCCS2)cc1. The molecule has 0 aromatic heterocycles. The predicted octanol–water partition coefficient (Wildman–Crippen LogP) is 5.59. The maximum absolute atomic E-state index is 13.2. The van der Waals surface area contributed by atoms with Crippen LogP contribution in [0.5, 0.6) is 0 Å². The van der Waals surface area contributed by atoms with Gasteiger partial charge in [-0.05, 0) is 31.0 Å². The fraction of sp³-hybridized carbons (Fsp3) is 0.273. The number of allylic oxidation sites excluding steroid dienone is 1. The van der Waals surface area contributed by atoms with Crippen LogP contribution < -0.4 is 5.32 Å². The number of nitrogens with zero attached hydrogens (tertiary/aromatic N) is 1. The standard InChI is InChI=1S/C22H21F3N2O3S/c1-14(2)30-26-13-15-7-9-16(10-8-15)17-5-3-4-6-18(17)27-21(28)19-20(22(23,24)25)29-11-12-31-19/h3-10,13-14H,11-12H2,1-2H3,(H,27,28). The average Bonchev–Trinajstić information content (AvgIpc) is 2.74. The summed E-state index contributed by atoms with van der Waals surface area (Å²) in [6, 6.07) is 14.2. The molecule has 0 unspecified atom stereocenters. The van der Waals surface area contributed by atoms with Crippen LogP contribution in [0.2, 0.25) is 0 Å². The van der Waals surface area contributed by atoms with E-state index in [1.54, 1.807) is 30.5 Å². The van der Waals surface area contributed by atoms with Crippen molar-refractivity contribution < 1.29 is 27.5 Å². The number of hydrogen-bond acceptors (Lipinski definition) is 5. The molecule has 2 aromatic rings. The molecule has 1 aliphatic rings. The highest BCUT2D eigenvalue weighted by Crippen LogP contribution is 2.38. The second kappa shape index (κ2) is 9.91. The molecule has 3 rings (SSSR count). The molecule has 2 aromatic carbocycles. The second-order valence-corrected chi connectivity index (χ2v) is 7.97. The lowest BCUT2D eigenvalue weighted by molar-refractivity contribution is -0.133. The number of nitrogens with one attached hydrogen (secondary N) is 1. The fourth-order valence-corrected chi connectivity index (χ4v) is 3.64. The Balaban J connectivity index is 1.83. The Morgan fingerprint density at radius 1 is 1.19 bits per heavy atom. The molecule has 9 heteroatoms. The van der Waals surface area contributed by atoms with E-state index < -0.39 is 22.7 Å². The molecule has 0 spiro atoms. The van der Waals surface area contributed by atoms with Crippen LogP contribution in [0, 0.1) is 0 Å². The van der Waals surface area contributed by atoms with Gasteiger partial charge in [-0.25, -0.2) is 0 Å². The molecule has 0 aliphatic carbocycles. The lowest BCUT2D eigenvalue weighted by atomic mass is 10.0. The van der Waals surface area contributed by atoms with Gasteiger partial charge in [0, 0.05) is 17.0 Å². The number of halogens is 3. The first-order valence-corrected chi connectivity index (χ1v) is 10.5. The van der Waals surface area contributed by atoms with Crippen molar-refractivity contribution in [1.82, 2.24) is 0 Å². The summed E-state index contributed by atoms with van der Waals surface area (Å²) in [5, 5.41) is 6.48. The van der Waals surface area contributed by atoms with E-state index in [1.165, 1.54) is 0 Å². The van der Waals surface area contributed by atoms with Gasteiger partial charge in [0.05, 0.1) is 12.8 Å². The van der Waals surface area contributed by atoms with Gasteiger partial charge in [0.2, 0.25) is 5.76 Å². The third kappa shape index (κ3) is 6.04. The van der Waals surface area contributed by atoms with Gasteiger partial charge in [0.1, 0.15) is 11.0 Å². The highest BCUT2D eigenvalue weighted by Gasteiger charge is 2.42. The van der Waals surface area contributed by atoms with Crippen LogP contribution in [-0.4, -0.2) is 36.8 Å². The normalized spacial score (nSPS) is 14.6. The number of thioether (sulfide) groups is 1. The topological polar surface area (TPSA) is 59.9 Å². The van der Waals surface area contributed by atoms with Crippen LogP contribution in [0.25, 0.3) is 11.1 Å². The Kier molecular flexibility index (Phi) is 7.27. The van der Waals surface area contributed by atoms with Gasteiger partial charge in [-0.15, -0.1) is 11.8 Å². The first kappa shape index (κ1) is 22.7. The molecule has 0 saturated carbocycles. The molecular formula is C22H21F3N2O3S. The van der Waals surface area contributed by atoms with Crippen molar-refractivity contribution in [1.29, 1.82) is 0 Å². The minimum absolute atomic E-state index is 0.0216. The number of amides is 1. The summed E-state index contributed by atoms with van der Waals surface area (Å²) < 4.78 is 44.4. The number of benzene rings is 2. The van der Waals surface area contributed by atoms with Gasteiger partial charge in [-0.1, -0.05) is 47.6 Å². The Hall–Kier alpha value is -2.94. The maximum Gasteiger partial charge on any atom is 0.450 e. The summed E-state index contributed by atoms with van der Waals surface area (Å²) in [5.41, 5.74) is 2.68. The summed E-state index contributed by atoms with van der Waals surface area (Å²) >= 11 is 0.835. The van der Waals surface area contributed by atoms with Crippen molar-refractivity contribution in [2.75, 3.05) is 17.7 Å². The van der Waals surface area contributed by atoms with Crippen molar-refractivity contribution in [2.24, 2.45) is 5.16 Å². The van der Waals surface area contributed by atoms with Crippen LogP contribution >= 0.6 is 11.8 Å². The van der Waals surface area contributed by atoms with E-state index >= 15 is 0 Å². The molecule has 0 radical (unpaired) electrons. The van der Waals surface area contributed by atoms with Crippen molar-refractivity contribution in [3.8, 4) is 11.1 Å². The van der Waals surface area contributed by atoms with Gasteiger partial charge in [0.25, 0.3) is 5.91 Å². The molecule has 5 nitrogen and oxygen atoms in total. The average molecular weight is 450 g/mol. The quantitative estimate of drug-likeness (QED) is 0.461. The highest BCUT2D eigenvalue weighted by atomic mass is 32.2. The van der Waals surface area contributed by atoms with E-state index in [4.69, 9.17) is 9.57 Å². The lowest BCUT2D eigenvalue weighted by Crippen LogP contribution is -2.26. The predicted molar refractivity (Wildman–Crippen MR) is 116 cm³/mol. The van der Waals surface area contributed by atoms with Crippen LogP contribution in [0.4, 0.5) is 18.9 Å². The summed E-state index contributed by atoms with van der Waals surface area (Å²) in [6.07, 6.45) is -3.16. The number of para-hydroxylation sites is 1. The minimum Gasteiger partial charge on any atom is -0.487 e. The third-order valence-corrected chi connectivity index (χ3v) is 5.15. The number of alkyl halides is 3. The van der Waals surface area contributed by atoms with Crippen molar-refractivity contribution in [2.45, 2.75) is 26.1 Å². The fourth-order valence-electron chi connectivity index (χ4n) is 2.78. The van der Waals surface area contributed by atoms with Gasteiger partial charge < -0.3 is 14.9 Å². The molecule has 31 heavy (non-hydrogen) atoms. The van der Waals surface area contributed by atoms with Crippen LogP contribution in [0.15, 0.2) is 64.4 Å². The van der Waals surface area contributed by atoms with E-state index in [9.17, 15) is 18.0 Å². The van der Waals surface area contributed by atoms with E-state index in [0.29, 0.717) is 11.3 Å². The van der Waals surface area contributed by atoms with E-state index in [-0.39, 0.29) is 18.5 Å². The zero-order valence-corrected chi connectivity index (χ0v) is 17.7. The molecule has 1 amide bonds. The number of carbonyl (C=O) groups is 1. The number of ether oxygens (including phenoxy) is 1. The lowest BCUT2D eigenvalue weighted by Gasteiger charge is -2.22. The largest absolute Gasteiger partial charge is 0.487 e. The van der Waals surface area contributed by atoms with Crippen molar-refractivity contribution >= 4 is 29.6 Å². The molecule has 164 valence electrons. The first-order valence-electron chi connectivity index (χ1n) is 9.53. The zero-order chi connectivity index (χ0) is 22.4. The third-order valence-electron chi connectivity index (χ3n) is 4.12. The Labute approximate surface area is 182 Å². The van der Waals surface area contributed by atoms with Crippen molar-refractivity contribution in [3.63, 3.8) is 0 Å². The monoisotopic (exact) mass is 450 g/mol. The summed E-state index contributed by atoms with van der Waals surface area (Å²) in [7, 11) is 0. The minimum atomic E-state index is -4.73. The second-order valence-electron chi connectivity index (χ2n) is 6.86. The van der Waals surface area contributed by atoms with E-state index in [0.717, 1.165) is 22.9 Å². The zero-order valence-electron chi connectivity index (χ0n) is 16.9. The molecule has 1 aliphatic heterocycles. The molecule has 0 saturated heterocycles. The van der Waals surface area contributed by atoms with Gasteiger partial charge in [-0.3, -0.25) is 4.79 Å². The number of rotatable bonds is 6. The van der Waals surface area contributed by atoms with Crippen LogP contribution in [0.1, 0.15) is 19.4 Å². The number of anilines is 1. The smallest absolute Gasteiger partial charge is 0.450 e. The molecule has 0 fully saturated rings. The summed E-state index contributed by atoms with van der Waals surface area (Å²) in [6.45, 7) is 3.65. The van der Waals surface area contributed by atoms with Gasteiger partial charge in [0.15, 0.2) is 0 Å². The number of hydrogen-bond donors (Lipinski definition) is 1. The Morgan fingerprint density at radius 3 is 2.58 bits per heavy atom. The Bertz CT molecular complexity index is 986. The summed E-state index contributed by atoms with van der Waals surface area (Å²) in [5.74, 6) is -1.82. The van der Waals surface area contributed by atoms with E-state index in [1.807, 2.05) is 38.1 Å². The highest BCUT2D eigenvalue weighted by molar-refractivity contribution is 8.04. The first-order chi connectivity index (χ1) is 14.8. The number of oxime groups is 1. The Morgan fingerprint density at radius 2 is 1.90 bits per heavy atom. The molecule has 1 N–H and O–H groups in total. The van der Waals surface area contributed by atoms with Crippen LogP contribution in [0.3, 0.4) is 0 Å². The maximum atomic E-state index is 13.2. The van der Waals surface area contributed by atoms with E-state index in [2.05, 4.69) is 10.5 Å². The molecule has 0 atom stereocenters. The number of carbonyl (C=O) groups excluding carboxylic acids is 1. The molecule has 1 heterocycles. The molecular weight excluding hydrogens is 429 g/mol. The van der Waals surface area contributed by atoms with Gasteiger partial charge in [-0.2, -0.15) is 13.2 Å². The van der Waals surface area contributed by atoms with Crippen LogP contribution in [-0.2, 0) is 14.4 Å². The van der Waals surface area contributed by atoms with Crippen molar-refractivity contribution in [3.05, 3.63) is 64.8 Å².